The molecular formula is C16H28. The van der Waals surface area contributed by atoms with Gasteiger partial charge in [0.2, 0.25) is 0 Å². The Hall–Kier alpha value is -1.04. The first-order valence-corrected chi connectivity index (χ1v) is 6.71. The molecule has 2 rings (SSSR count). The van der Waals surface area contributed by atoms with E-state index in [9.17, 15) is 0 Å². The molecule has 0 atom stereocenters. The average Bonchev–Trinajstić information content (AvgIpc) is 2.45. The minimum atomic E-state index is 1.21. The third-order valence-electron chi connectivity index (χ3n) is 1.93. The summed E-state index contributed by atoms with van der Waals surface area (Å²) < 4.78 is 0. The smallest absolute Gasteiger partial charge is 0.0228 e. The first-order valence-electron chi connectivity index (χ1n) is 6.71. The second kappa shape index (κ2) is 14.0. The van der Waals surface area contributed by atoms with Gasteiger partial charge in [0.05, 0.1) is 0 Å². The summed E-state index contributed by atoms with van der Waals surface area (Å²) in [6, 6.07) is 8.58. The van der Waals surface area contributed by atoms with Gasteiger partial charge in [0.25, 0.3) is 0 Å². The first kappa shape index (κ1) is 17.4. The highest BCUT2D eigenvalue weighted by atomic mass is 14.1. The van der Waals surface area contributed by atoms with Crippen molar-refractivity contribution >= 4 is 6.08 Å². The van der Waals surface area contributed by atoms with E-state index in [4.69, 9.17) is 0 Å². The normalized spacial score (nSPS) is 10.4. The summed E-state index contributed by atoms with van der Waals surface area (Å²) in [5.74, 6) is 0. The third kappa shape index (κ3) is 6.44. The van der Waals surface area contributed by atoms with Crippen LogP contribution in [0, 0.1) is 0 Å². The molecule has 0 aliphatic heterocycles. The lowest BCUT2D eigenvalue weighted by Gasteiger charge is -2.07. The number of allylic oxidation sites excluding steroid dienone is 1. The van der Waals surface area contributed by atoms with Gasteiger partial charge in [-0.1, -0.05) is 78.0 Å². The lowest BCUT2D eigenvalue weighted by molar-refractivity contribution is 0.986. The minimum Gasteiger partial charge on any atom is -0.0836 e. The predicted octanol–water partition coefficient (Wildman–Crippen LogP) is 5.72. The Balaban J connectivity index is 0. The number of hydrogen-bond donors (Lipinski definition) is 0. The zero-order chi connectivity index (χ0) is 12.8. The summed E-state index contributed by atoms with van der Waals surface area (Å²) in [5.41, 5.74) is 2.89. The van der Waals surface area contributed by atoms with E-state index in [1.807, 2.05) is 41.5 Å². The van der Waals surface area contributed by atoms with Crippen LogP contribution in [0.4, 0.5) is 0 Å². The molecule has 0 unspecified atom stereocenters. The van der Waals surface area contributed by atoms with E-state index in [1.165, 1.54) is 24.0 Å². The number of aryl methyl sites for hydroxylation is 1. The highest BCUT2D eigenvalue weighted by molar-refractivity contribution is 5.55. The molecule has 1 aliphatic carbocycles. The highest BCUT2D eigenvalue weighted by Gasteiger charge is 2.00. The molecule has 0 heteroatoms. The molecule has 0 spiro atoms. The van der Waals surface area contributed by atoms with Gasteiger partial charge < -0.3 is 0 Å². The zero-order valence-corrected chi connectivity index (χ0v) is 11.9. The summed E-state index contributed by atoms with van der Waals surface area (Å²) >= 11 is 0. The van der Waals surface area contributed by atoms with Crippen molar-refractivity contribution in [2.45, 2.75) is 54.4 Å². The van der Waals surface area contributed by atoms with Crippen molar-refractivity contribution in [2.24, 2.45) is 0 Å². The topological polar surface area (TPSA) is 0 Å². The fourth-order valence-corrected chi connectivity index (χ4v) is 1.37. The predicted molar refractivity (Wildman–Crippen MR) is 77.8 cm³/mol. The summed E-state index contributed by atoms with van der Waals surface area (Å²) in [6.07, 6.45) is 6.87. The van der Waals surface area contributed by atoms with Crippen LogP contribution in [-0.4, -0.2) is 0 Å². The van der Waals surface area contributed by atoms with Gasteiger partial charge in [0, 0.05) is 0 Å². The van der Waals surface area contributed by atoms with Gasteiger partial charge in [-0.15, -0.1) is 0 Å². The molecule has 1 aromatic rings. The van der Waals surface area contributed by atoms with Gasteiger partial charge in [0.1, 0.15) is 0 Å². The molecule has 0 N–H and O–H groups in total. The maximum absolute atomic E-state index is 2.24. The van der Waals surface area contributed by atoms with E-state index >= 15 is 0 Å². The number of hydrogen-bond acceptors (Lipinski definition) is 0. The molecule has 92 valence electrons. The van der Waals surface area contributed by atoms with Crippen molar-refractivity contribution in [3.05, 3.63) is 41.5 Å². The largest absolute Gasteiger partial charge is 0.0836 e. The van der Waals surface area contributed by atoms with Crippen LogP contribution in [0.2, 0.25) is 0 Å². The molecule has 0 amide bonds. The van der Waals surface area contributed by atoms with E-state index < -0.39 is 0 Å². The Morgan fingerprint density at radius 3 is 1.94 bits per heavy atom. The molecule has 0 heterocycles. The van der Waals surface area contributed by atoms with E-state index in [0.717, 1.165) is 0 Å². The number of benzene rings is 1. The quantitative estimate of drug-likeness (QED) is 0.524. The second-order valence-corrected chi connectivity index (χ2v) is 2.64. The molecule has 0 fully saturated rings. The maximum atomic E-state index is 2.24. The van der Waals surface area contributed by atoms with Gasteiger partial charge in [-0.3, -0.25) is 0 Å². The maximum Gasteiger partial charge on any atom is -0.0228 e. The average molecular weight is 220 g/mol. The Kier molecular flexibility index (Phi) is 15.1. The van der Waals surface area contributed by atoms with Gasteiger partial charge in [-0.05, 0) is 24.0 Å². The van der Waals surface area contributed by atoms with E-state index in [-0.39, 0.29) is 0 Å². The molecule has 0 saturated heterocycles. The van der Waals surface area contributed by atoms with Crippen LogP contribution in [0.5, 0.6) is 0 Å². The monoisotopic (exact) mass is 220 g/mol. The van der Waals surface area contributed by atoms with E-state index in [2.05, 4.69) is 36.4 Å². The van der Waals surface area contributed by atoms with Crippen molar-refractivity contribution in [3.8, 4) is 0 Å². The van der Waals surface area contributed by atoms with Gasteiger partial charge in [0.15, 0.2) is 0 Å². The molecule has 1 aromatic carbocycles. The molecule has 0 saturated carbocycles. The molecule has 1 aliphatic rings. The number of rotatable bonds is 0. The first-order chi connectivity index (χ1) is 7.97. The van der Waals surface area contributed by atoms with Crippen molar-refractivity contribution in [3.63, 3.8) is 0 Å². The van der Waals surface area contributed by atoms with Crippen LogP contribution in [0.25, 0.3) is 6.08 Å². The zero-order valence-electron chi connectivity index (χ0n) is 11.9. The van der Waals surface area contributed by atoms with Gasteiger partial charge >= 0.3 is 0 Å². The molecule has 0 aromatic heterocycles. The van der Waals surface area contributed by atoms with E-state index in [0.29, 0.717) is 0 Å². The Morgan fingerprint density at radius 1 is 0.812 bits per heavy atom. The van der Waals surface area contributed by atoms with Crippen LogP contribution < -0.4 is 0 Å². The van der Waals surface area contributed by atoms with Crippen LogP contribution in [0.1, 0.15) is 59.1 Å². The van der Waals surface area contributed by atoms with Gasteiger partial charge in [-0.25, -0.2) is 0 Å². The summed E-state index contributed by atoms with van der Waals surface area (Å²) in [4.78, 5) is 0. The lowest BCUT2D eigenvalue weighted by Crippen LogP contribution is -1.91. The summed E-state index contributed by atoms with van der Waals surface area (Å²) in [5, 5.41) is 0. The molecule has 0 bridgehead atoms. The molecule has 0 radical (unpaired) electrons. The van der Waals surface area contributed by atoms with Crippen molar-refractivity contribution < 1.29 is 0 Å². The van der Waals surface area contributed by atoms with Crippen molar-refractivity contribution in [2.75, 3.05) is 0 Å². The summed E-state index contributed by atoms with van der Waals surface area (Å²) in [7, 11) is 0. The minimum absolute atomic E-state index is 1.21. The standard InChI is InChI=1S/C10H10.3C2H6/c1-2-6-10-8-4-3-7-9(10)5-1;3*1-2/h1-3,5-7H,4,8H2;3*1-2H3. The molecule has 0 nitrogen and oxygen atoms in total. The Labute approximate surface area is 102 Å². The fourth-order valence-electron chi connectivity index (χ4n) is 1.37. The molecular weight excluding hydrogens is 192 g/mol. The Morgan fingerprint density at radius 2 is 1.38 bits per heavy atom. The second-order valence-electron chi connectivity index (χ2n) is 2.64. The lowest BCUT2D eigenvalue weighted by atomic mass is 9.98. The van der Waals surface area contributed by atoms with E-state index in [1.54, 1.807) is 0 Å². The molecule has 16 heavy (non-hydrogen) atoms. The SMILES string of the molecule is C1=Cc2ccccc2CC1.CC.CC.CC. The third-order valence-corrected chi connectivity index (χ3v) is 1.93. The fraction of sp³-hybridized carbons (Fsp3) is 0.500. The number of fused-ring (bicyclic) bond motifs is 1. The van der Waals surface area contributed by atoms with Crippen LogP contribution in [-0.2, 0) is 6.42 Å². The van der Waals surface area contributed by atoms with Crippen molar-refractivity contribution in [1.82, 2.24) is 0 Å². The Bertz CT molecular complexity index is 258. The highest BCUT2D eigenvalue weighted by Crippen LogP contribution is 2.17. The summed E-state index contributed by atoms with van der Waals surface area (Å²) in [6.45, 7) is 12.0. The van der Waals surface area contributed by atoms with Crippen molar-refractivity contribution in [1.29, 1.82) is 0 Å². The van der Waals surface area contributed by atoms with Crippen LogP contribution in [0.3, 0.4) is 0 Å². The van der Waals surface area contributed by atoms with Gasteiger partial charge in [-0.2, -0.15) is 0 Å². The van der Waals surface area contributed by atoms with Crippen LogP contribution in [0.15, 0.2) is 30.3 Å². The van der Waals surface area contributed by atoms with Crippen LogP contribution >= 0.6 is 0 Å².